The first-order valence-electron chi connectivity index (χ1n) is 8.41. The van der Waals surface area contributed by atoms with E-state index in [0.29, 0.717) is 6.04 Å². The molecule has 116 valence electrons. The summed E-state index contributed by atoms with van der Waals surface area (Å²) in [6.07, 6.45) is 6.21. The van der Waals surface area contributed by atoms with E-state index in [0.717, 1.165) is 18.5 Å². The predicted octanol–water partition coefficient (Wildman–Crippen LogP) is 4.53. The summed E-state index contributed by atoms with van der Waals surface area (Å²) in [5.74, 6) is 0.276. The van der Waals surface area contributed by atoms with Crippen LogP contribution in [0.25, 0.3) is 0 Å². The first kappa shape index (κ1) is 16.2. The zero-order valence-electron chi connectivity index (χ0n) is 14.0. The van der Waals surface area contributed by atoms with Crippen molar-refractivity contribution in [3.63, 3.8) is 0 Å². The highest BCUT2D eigenvalue weighted by Gasteiger charge is 2.28. The number of carbonyl (C=O) groups excluding carboxylic acids is 1. The average molecular weight is 287 g/mol. The highest BCUT2D eigenvalue weighted by molar-refractivity contribution is 6.00. The minimum atomic E-state index is -0.00449. The van der Waals surface area contributed by atoms with E-state index in [-0.39, 0.29) is 11.8 Å². The van der Waals surface area contributed by atoms with Crippen molar-refractivity contribution in [2.24, 2.45) is 0 Å². The summed E-state index contributed by atoms with van der Waals surface area (Å²) in [5, 5.41) is 0. The van der Waals surface area contributed by atoms with Gasteiger partial charge in [-0.1, -0.05) is 31.9 Å². The first-order chi connectivity index (χ1) is 10.0. The zero-order valence-corrected chi connectivity index (χ0v) is 14.0. The number of rotatable bonds is 4. The van der Waals surface area contributed by atoms with Crippen molar-refractivity contribution in [1.82, 2.24) is 4.90 Å². The summed E-state index contributed by atoms with van der Waals surface area (Å²) >= 11 is 0. The molecule has 1 heterocycles. The molecule has 0 aromatic heterocycles. The summed E-state index contributed by atoms with van der Waals surface area (Å²) in [6.45, 7) is 9.57. The van der Waals surface area contributed by atoms with Gasteiger partial charge in [0.15, 0.2) is 5.78 Å². The van der Waals surface area contributed by atoms with Crippen LogP contribution >= 0.6 is 0 Å². The zero-order chi connectivity index (χ0) is 15.4. The van der Waals surface area contributed by atoms with Gasteiger partial charge in [-0.3, -0.25) is 9.69 Å². The van der Waals surface area contributed by atoms with E-state index in [1.165, 1.54) is 36.8 Å². The lowest BCUT2D eigenvalue weighted by Gasteiger charge is -2.34. The van der Waals surface area contributed by atoms with E-state index in [9.17, 15) is 4.79 Å². The number of carbonyl (C=O) groups is 1. The number of hydrogen-bond donors (Lipinski definition) is 0. The summed E-state index contributed by atoms with van der Waals surface area (Å²) in [5.41, 5.74) is 3.32. The van der Waals surface area contributed by atoms with Crippen molar-refractivity contribution in [2.45, 2.75) is 71.9 Å². The monoisotopic (exact) mass is 287 g/mol. The number of likely N-dealkylation sites (tertiary alicyclic amines) is 1. The molecule has 2 heteroatoms. The minimum absolute atomic E-state index is 0.00449. The van der Waals surface area contributed by atoms with Crippen LogP contribution < -0.4 is 0 Å². The normalized spacial score (nSPS) is 21.8. The highest BCUT2D eigenvalue weighted by Crippen LogP contribution is 2.23. The molecule has 21 heavy (non-hydrogen) atoms. The SMILES string of the molecule is CCC1CCCCCN1C(C)C(=O)c1ccc(C)c(C)c1. The van der Waals surface area contributed by atoms with Gasteiger partial charge in [-0.05, 0) is 63.8 Å². The molecule has 0 aliphatic carbocycles. The van der Waals surface area contributed by atoms with Gasteiger partial charge >= 0.3 is 0 Å². The predicted molar refractivity (Wildman–Crippen MR) is 89.0 cm³/mol. The Bertz CT molecular complexity index is 494. The topological polar surface area (TPSA) is 20.3 Å². The molecule has 0 spiro atoms. The Balaban J connectivity index is 2.18. The smallest absolute Gasteiger partial charge is 0.179 e. The van der Waals surface area contributed by atoms with Gasteiger partial charge in [0.1, 0.15) is 0 Å². The molecule has 1 aromatic rings. The molecule has 2 unspecified atom stereocenters. The Morgan fingerprint density at radius 2 is 2.00 bits per heavy atom. The van der Waals surface area contributed by atoms with Gasteiger partial charge in [0.05, 0.1) is 6.04 Å². The van der Waals surface area contributed by atoms with Gasteiger partial charge in [-0.15, -0.1) is 0 Å². The molecule has 0 saturated carbocycles. The third kappa shape index (κ3) is 3.74. The van der Waals surface area contributed by atoms with E-state index in [2.05, 4.69) is 38.7 Å². The fraction of sp³-hybridized carbons (Fsp3) is 0.632. The number of benzene rings is 1. The van der Waals surface area contributed by atoms with Crippen molar-refractivity contribution in [3.8, 4) is 0 Å². The Morgan fingerprint density at radius 3 is 2.67 bits per heavy atom. The van der Waals surface area contributed by atoms with Crippen molar-refractivity contribution < 1.29 is 4.79 Å². The molecular weight excluding hydrogens is 258 g/mol. The van der Waals surface area contributed by atoms with Crippen LogP contribution in [0.4, 0.5) is 0 Å². The molecule has 1 aliphatic heterocycles. The molecule has 1 fully saturated rings. The quantitative estimate of drug-likeness (QED) is 0.758. The number of ketones is 1. The molecule has 2 rings (SSSR count). The summed E-state index contributed by atoms with van der Waals surface area (Å²) < 4.78 is 0. The third-order valence-corrected chi connectivity index (χ3v) is 5.06. The molecule has 1 aliphatic rings. The Kier molecular flexibility index (Phi) is 5.58. The van der Waals surface area contributed by atoms with Crippen molar-refractivity contribution >= 4 is 5.78 Å². The van der Waals surface area contributed by atoms with E-state index in [1.54, 1.807) is 0 Å². The standard InChI is InChI=1S/C19H29NO/c1-5-18-9-7-6-8-12-20(18)16(4)19(21)17-11-10-14(2)15(3)13-17/h10-11,13,16,18H,5-9,12H2,1-4H3. The van der Waals surface area contributed by atoms with Crippen molar-refractivity contribution in [2.75, 3.05) is 6.54 Å². The first-order valence-corrected chi connectivity index (χ1v) is 8.41. The second kappa shape index (κ2) is 7.22. The van der Waals surface area contributed by atoms with E-state index in [4.69, 9.17) is 0 Å². The Labute approximate surface area is 129 Å². The average Bonchev–Trinajstić information content (AvgIpc) is 2.73. The fourth-order valence-corrected chi connectivity index (χ4v) is 3.43. The maximum absolute atomic E-state index is 12.8. The lowest BCUT2D eigenvalue weighted by atomic mass is 9.98. The van der Waals surface area contributed by atoms with E-state index < -0.39 is 0 Å². The largest absolute Gasteiger partial charge is 0.292 e. The van der Waals surface area contributed by atoms with Crippen LogP contribution in [0.1, 0.15) is 67.4 Å². The second-order valence-corrected chi connectivity index (χ2v) is 6.49. The highest BCUT2D eigenvalue weighted by atomic mass is 16.1. The van der Waals surface area contributed by atoms with Crippen molar-refractivity contribution in [1.29, 1.82) is 0 Å². The molecule has 0 N–H and O–H groups in total. The van der Waals surface area contributed by atoms with E-state index >= 15 is 0 Å². The third-order valence-electron chi connectivity index (χ3n) is 5.06. The Hall–Kier alpha value is -1.15. The maximum Gasteiger partial charge on any atom is 0.179 e. The van der Waals surface area contributed by atoms with Crippen LogP contribution in [0.5, 0.6) is 0 Å². The molecule has 2 nitrogen and oxygen atoms in total. The van der Waals surface area contributed by atoms with E-state index in [1.807, 2.05) is 12.1 Å². The maximum atomic E-state index is 12.8. The van der Waals surface area contributed by atoms with Crippen LogP contribution in [0.15, 0.2) is 18.2 Å². The molecular formula is C19H29NO. The van der Waals surface area contributed by atoms with Crippen LogP contribution in [0, 0.1) is 13.8 Å². The van der Waals surface area contributed by atoms with Crippen molar-refractivity contribution in [3.05, 3.63) is 34.9 Å². The lowest BCUT2D eigenvalue weighted by molar-refractivity contribution is 0.0758. The van der Waals surface area contributed by atoms with Crippen LogP contribution in [-0.2, 0) is 0 Å². The van der Waals surface area contributed by atoms with Crippen LogP contribution in [0.3, 0.4) is 0 Å². The summed E-state index contributed by atoms with van der Waals surface area (Å²) in [7, 11) is 0. The lowest BCUT2D eigenvalue weighted by Crippen LogP contribution is -2.45. The molecule has 1 saturated heterocycles. The number of aryl methyl sites for hydroxylation is 2. The summed E-state index contributed by atoms with van der Waals surface area (Å²) in [4.78, 5) is 15.3. The number of hydrogen-bond acceptors (Lipinski definition) is 2. The van der Waals surface area contributed by atoms with Gasteiger partial charge < -0.3 is 0 Å². The van der Waals surface area contributed by atoms with Crippen LogP contribution in [0.2, 0.25) is 0 Å². The van der Waals surface area contributed by atoms with Crippen LogP contribution in [-0.4, -0.2) is 29.3 Å². The van der Waals surface area contributed by atoms with Gasteiger partial charge in [0.25, 0.3) is 0 Å². The van der Waals surface area contributed by atoms with Gasteiger partial charge in [-0.25, -0.2) is 0 Å². The second-order valence-electron chi connectivity index (χ2n) is 6.49. The molecule has 2 atom stereocenters. The Morgan fingerprint density at radius 1 is 1.24 bits per heavy atom. The number of Topliss-reactive ketones (excluding diaryl/α,β-unsaturated/α-hetero) is 1. The summed E-state index contributed by atoms with van der Waals surface area (Å²) in [6, 6.07) is 6.66. The van der Waals surface area contributed by atoms with Gasteiger partial charge in [0, 0.05) is 11.6 Å². The van der Waals surface area contributed by atoms with Gasteiger partial charge in [0.2, 0.25) is 0 Å². The fourth-order valence-electron chi connectivity index (χ4n) is 3.43. The molecule has 1 aromatic carbocycles. The molecule has 0 bridgehead atoms. The molecule has 0 radical (unpaired) electrons. The number of nitrogens with zero attached hydrogens (tertiary/aromatic N) is 1. The minimum Gasteiger partial charge on any atom is -0.292 e. The van der Waals surface area contributed by atoms with Gasteiger partial charge in [-0.2, -0.15) is 0 Å². The molecule has 0 amide bonds.